The normalized spacial score (nSPS) is 11.5. The van der Waals surface area contributed by atoms with Crippen LogP contribution >= 0.6 is 11.8 Å². The summed E-state index contributed by atoms with van der Waals surface area (Å²) in [6.45, 7) is 4.34. The number of rotatable bonds is 7. The molecule has 2 rings (SSSR count). The number of H-pyrrole nitrogens is 1. The fourth-order valence-corrected chi connectivity index (χ4v) is 2.46. The number of hydrogen-bond donors (Lipinski definition) is 2. The summed E-state index contributed by atoms with van der Waals surface area (Å²) in [5, 5.41) is 16.5. The summed E-state index contributed by atoms with van der Waals surface area (Å²) in [6.07, 6.45) is 2.28. The first-order valence-corrected chi connectivity index (χ1v) is 7.71. The SMILES string of the molecule is CCOc1ccccc1/C=C(\Sc1n[nH]c(CC)n1)C(=O)O. The number of aromatic nitrogens is 3. The average Bonchev–Trinajstić information content (AvgIpc) is 2.96. The number of aryl methyl sites for hydroxylation is 1. The molecule has 6 nitrogen and oxygen atoms in total. The summed E-state index contributed by atoms with van der Waals surface area (Å²) >= 11 is 1.01. The van der Waals surface area contributed by atoms with Crippen molar-refractivity contribution in [3.8, 4) is 5.75 Å². The van der Waals surface area contributed by atoms with Crippen LogP contribution in [-0.4, -0.2) is 32.9 Å². The van der Waals surface area contributed by atoms with Crippen LogP contribution in [0.2, 0.25) is 0 Å². The van der Waals surface area contributed by atoms with Crippen LogP contribution in [0.5, 0.6) is 5.75 Å². The van der Waals surface area contributed by atoms with Gasteiger partial charge in [-0.3, -0.25) is 5.10 Å². The van der Waals surface area contributed by atoms with Crippen molar-refractivity contribution in [2.24, 2.45) is 0 Å². The largest absolute Gasteiger partial charge is 0.493 e. The second-order valence-corrected chi connectivity index (χ2v) is 5.31. The van der Waals surface area contributed by atoms with Crippen LogP contribution in [0, 0.1) is 0 Å². The Morgan fingerprint density at radius 2 is 2.18 bits per heavy atom. The van der Waals surface area contributed by atoms with Gasteiger partial charge in [0.05, 0.1) is 6.61 Å². The van der Waals surface area contributed by atoms with Crippen molar-refractivity contribution in [3.63, 3.8) is 0 Å². The molecule has 0 spiro atoms. The van der Waals surface area contributed by atoms with Gasteiger partial charge in [-0.2, -0.15) is 0 Å². The lowest BCUT2D eigenvalue weighted by Crippen LogP contribution is -1.99. The van der Waals surface area contributed by atoms with Crippen molar-refractivity contribution in [1.29, 1.82) is 0 Å². The van der Waals surface area contributed by atoms with Gasteiger partial charge in [-0.1, -0.05) is 25.1 Å². The molecule has 0 saturated carbocycles. The predicted molar refractivity (Wildman–Crippen MR) is 84.8 cm³/mol. The second kappa shape index (κ2) is 7.65. The summed E-state index contributed by atoms with van der Waals surface area (Å²) in [5.74, 6) is 0.342. The third kappa shape index (κ3) is 4.11. The third-order valence-corrected chi connectivity index (χ3v) is 3.64. The number of carboxylic acid groups (broad SMARTS) is 1. The number of aromatic amines is 1. The van der Waals surface area contributed by atoms with E-state index in [1.165, 1.54) is 0 Å². The van der Waals surface area contributed by atoms with Crippen LogP contribution in [0.25, 0.3) is 6.08 Å². The zero-order valence-electron chi connectivity index (χ0n) is 12.4. The van der Waals surface area contributed by atoms with Crippen molar-refractivity contribution in [1.82, 2.24) is 15.2 Å². The highest BCUT2D eigenvalue weighted by molar-refractivity contribution is 8.04. The number of para-hydroxylation sites is 1. The molecule has 2 aromatic rings. The topological polar surface area (TPSA) is 88.1 Å². The van der Waals surface area contributed by atoms with Gasteiger partial charge in [0.2, 0.25) is 5.16 Å². The molecule has 0 aliphatic carbocycles. The summed E-state index contributed by atoms with van der Waals surface area (Å²) in [7, 11) is 0. The lowest BCUT2D eigenvalue weighted by atomic mass is 10.2. The Bertz CT molecular complexity index is 682. The van der Waals surface area contributed by atoms with Crippen LogP contribution in [0.4, 0.5) is 0 Å². The quantitative estimate of drug-likeness (QED) is 0.602. The zero-order chi connectivity index (χ0) is 15.9. The van der Waals surface area contributed by atoms with Gasteiger partial charge >= 0.3 is 5.97 Å². The molecule has 1 aromatic heterocycles. The van der Waals surface area contributed by atoms with Crippen molar-refractivity contribution >= 4 is 23.8 Å². The molecule has 0 atom stereocenters. The van der Waals surface area contributed by atoms with E-state index in [0.717, 1.165) is 17.6 Å². The Hall–Kier alpha value is -2.28. The van der Waals surface area contributed by atoms with Crippen LogP contribution in [-0.2, 0) is 11.2 Å². The molecular weight excluding hydrogens is 302 g/mol. The first-order chi connectivity index (χ1) is 10.6. The van der Waals surface area contributed by atoms with E-state index < -0.39 is 5.97 Å². The first kappa shape index (κ1) is 16.1. The highest BCUT2D eigenvalue weighted by Crippen LogP contribution is 2.28. The van der Waals surface area contributed by atoms with Crippen molar-refractivity contribution in [3.05, 3.63) is 40.6 Å². The molecule has 7 heteroatoms. The number of hydrogen-bond acceptors (Lipinski definition) is 5. The Balaban J connectivity index is 2.29. The highest BCUT2D eigenvalue weighted by Gasteiger charge is 2.14. The molecule has 1 heterocycles. The Labute approximate surface area is 132 Å². The maximum absolute atomic E-state index is 11.5. The van der Waals surface area contributed by atoms with Crippen molar-refractivity contribution < 1.29 is 14.6 Å². The lowest BCUT2D eigenvalue weighted by Gasteiger charge is -2.07. The van der Waals surface area contributed by atoms with Gasteiger partial charge in [-0.25, -0.2) is 9.78 Å². The Kier molecular flexibility index (Phi) is 5.60. The van der Waals surface area contributed by atoms with E-state index in [9.17, 15) is 9.90 Å². The van der Waals surface area contributed by atoms with Gasteiger partial charge in [0.15, 0.2) is 0 Å². The number of carboxylic acids is 1. The maximum Gasteiger partial charge on any atom is 0.342 e. The minimum absolute atomic E-state index is 0.133. The van der Waals surface area contributed by atoms with Gasteiger partial charge in [-0.15, -0.1) is 5.10 Å². The smallest absolute Gasteiger partial charge is 0.342 e. The molecule has 116 valence electrons. The molecule has 0 unspecified atom stereocenters. The number of ether oxygens (including phenoxy) is 1. The molecule has 0 radical (unpaired) electrons. The van der Waals surface area contributed by atoms with Crippen LogP contribution < -0.4 is 4.74 Å². The van der Waals surface area contributed by atoms with E-state index in [1.54, 1.807) is 12.1 Å². The Morgan fingerprint density at radius 3 is 2.82 bits per heavy atom. The fourth-order valence-electron chi connectivity index (χ4n) is 1.74. The molecule has 1 aromatic carbocycles. The van der Waals surface area contributed by atoms with Crippen molar-refractivity contribution in [2.45, 2.75) is 25.4 Å². The minimum Gasteiger partial charge on any atom is -0.493 e. The summed E-state index contributed by atoms with van der Waals surface area (Å²) in [4.78, 5) is 15.8. The molecule has 0 saturated heterocycles. The molecule has 0 amide bonds. The summed E-state index contributed by atoms with van der Waals surface area (Å²) < 4.78 is 5.51. The monoisotopic (exact) mass is 319 g/mol. The number of aliphatic carboxylic acids is 1. The average molecular weight is 319 g/mol. The van der Waals surface area contributed by atoms with Gasteiger partial charge < -0.3 is 9.84 Å². The standard InChI is InChI=1S/C15H17N3O3S/c1-3-13-16-15(18-17-13)22-12(14(19)20)9-10-7-5-6-8-11(10)21-4-2/h5-9H,3-4H2,1-2H3,(H,19,20)(H,16,17,18)/b12-9-. The number of nitrogens with zero attached hydrogens (tertiary/aromatic N) is 2. The third-order valence-electron chi connectivity index (χ3n) is 2.76. The molecule has 0 bridgehead atoms. The number of nitrogens with one attached hydrogen (secondary N) is 1. The molecule has 2 N–H and O–H groups in total. The van der Waals surface area contributed by atoms with Gasteiger partial charge in [0.1, 0.15) is 16.5 Å². The number of benzene rings is 1. The van der Waals surface area contributed by atoms with E-state index in [1.807, 2.05) is 32.0 Å². The van der Waals surface area contributed by atoms with Crippen molar-refractivity contribution in [2.75, 3.05) is 6.61 Å². The fraction of sp³-hybridized carbons (Fsp3) is 0.267. The summed E-state index contributed by atoms with van der Waals surface area (Å²) in [5.41, 5.74) is 0.709. The van der Waals surface area contributed by atoms with E-state index in [0.29, 0.717) is 29.5 Å². The zero-order valence-corrected chi connectivity index (χ0v) is 13.2. The first-order valence-electron chi connectivity index (χ1n) is 6.90. The van der Waals surface area contributed by atoms with Crippen LogP contribution in [0.3, 0.4) is 0 Å². The molecular formula is C15H17N3O3S. The predicted octanol–water partition coefficient (Wildman–Crippen LogP) is 2.98. The van der Waals surface area contributed by atoms with E-state index >= 15 is 0 Å². The van der Waals surface area contributed by atoms with E-state index in [-0.39, 0.29) is 4.91 Å². The van der Waals surface area contributed by atoms with Gasteiger partial charge in [0, 0.05) is 12.0 Å². The summed E-state index contributed by atoms with van der Waals surface area (Å²) in [6, 6.07) is 7.30. The van der Waals surface area contributed by atoms with Gasteiger partial charge in [-0.05, 0) is 30.8 Å². The van der Waals surface area contributed by atoms with E-state index in [4.69, 9.17) is 4.74 Å². The second-order valence-electron chi connectivity index (χ2n) is 4.30. The van der Waals surface area contributed by atoms with Crippen LogP contribution in [0.1, 0.15) is 25.2 Å². The van der Waals surface area contributed by atoms with E-state index in [2.05, 4.69) is 15.2 Å². The number of thioether (sulfide) groups is 1. The van der Waals surface area contributed by atoms with Crippen LogP contribution in [0.15, 0.2) is 34.3 Å². The number of carbonyl (C=O) groups is 1. The molecule has 0 fully saturated rings. The minimum atomic E-state index is -1.03. The Morgan fingerprint density at radius 1 is 1.41 bits per heavy atom. The molecule has 22 heavy (non-hydrogen) atoms. The molecule has 0 aliphatic heterocycles. The lowest BCUT2D eigenvalue weighted by molar-refractivity contribution is -0.131. The maximum atomic E-state index is 11.5. The van der Waals surface area contributed by atoms with Gasteiger partial charge in [0.25, 0.3) is 0 Å². The molecule has 0 aliphatic rings. The highest BCUT2D eigenvalue weighted by atomic mass is 32.2.